The van der Waals surface area contributed by atoms with Crippen LogP contribution in [0.5, 0.6) is 0 Å². The maximum Gasteiger partial charge on any atom is 0.232 e. The van der Waals surface area contributed by atoms with E-state index in [0.29, 0.717) is 28.5 Å². The Bertz CT molecular complexity index is 1240. The molecule has 0 unspecified atom stereocenters. The van der Waals surface area contributed by atoms with Crippen LogP contribution in [0.15, 0.2) is 60.8 Å². The highest BCUT2D eigenvalue weighted by Gasteiger charge is 2.20. The number of carbonyl (C=O) groups is 1. The van der Waals surface area contributed by atoms with Gasteiger partial charge in [0, 0.05) is 16.9 Å². The predicted octanol–water partition coefficient (Wildman–Crippen LogP) is 6.50. The highest BCUT2D eigenvalue weighted by atomic mass is 35.5. The summed E-state index contributed by atoms with van der Waals surface area (Å²) in [4.78, 5) is 22.5. The van der Waals surface area contributed by atoms with E-state index in [9.17, 15) is 4.79 Å². The lowest BCUT2D eigenvalue weighted by molar-refractivity contribution is -0.115. The second-order valence-corrected chi connectivity index (χ2v) is 8.97. The smallest absolute Gasteiger partial charge is 0.232 e. The van der Waals surface area contributed by atoms with E-state index in [2.05, 4.69) is 56.2 Å². The molecular formula is C26H27ClN4O. The molecule has 2 aromatic heterocycles. The first kappa shape index (κ1) is 22.0. The summed E-state index contributed by atoms with van der Waals surface area (Å²) < 4.78 is 1.90. The first-order chi connectivity index (χ1) is 15.3. The monoisotopic (exact) mass is 446 g/mol. The largest absolute Gasteiger partial charge is 0.325 e. The third kappa shape index (κ3) is 4.39. The van der Waals surface area contributed by atoms with Gasteiger partial charge in [0.15, 0.2) is 0 Å². The fraction of sp³-hybridized carbons (Fsp3) is 0.269. The predicted molar refractivity (Wildman–Crippen MR) is 131 cm³/mol. The molecule has 0 bridgehead atoms. The molecule has 1 amide bonds. The number of hydrogen-bond donors (Lipinski definition) is 1. The van der Waals surface area contributed by atoms with E-state index in [1.54, 1.807) is 12.3 Å². The fourth-order valence-corrected chi connectivity index (χ4v) is 4.15. The van der Waals surface area contributed by atoms with Crippen LogP contribution in [0.25, 0.3) is 16.9 Å². The molecule has 0 radical (unpaired) electrons. The average molecular weight is 447 g/mol. The third-order valence-corrected chi connectivity index (χ3v) is 5.76. The Morgan fingerprint density at radius 3 is 2.34 bits per heavy atom. The second kappa shape index (κ2) is 9.13. The quantitative estimate of drug-likeness (QED) is 0.367. The van der Waals surface area contributed by atoms with Gasteiger partial charge in [0.05, 0.1) is 17.5 Å². The first-order valence-electron chi connectivity index (χ1n) is 10.9. The van der Waals surface area contributed by atoms with Crippen LogP contribution in [-0.2, 0) is 11.2 Å². The van der Waals surface area contributed by atoms with Crippen molar-refractivity contribution in [3.8, 4) is 5.82 Å². The Morgan fingerprint density at radius 2 is 1.72 bits per heavy atom. The fourth-order valence-electron chi connectivity index (χ4n) is 3.98. The van der Waals surface area contributed by atoms with Crippen LogP contribution in [0, 0.1) is 0 Å². The Morgan fingerprint density at radius 1 is 1.00 bits per heavy atom. The van der Waals surface area contributed by atoms with Crippen LogP contribution >= 0.6 is 11.6 Å². The number of rotatable bonds is 6. The minimum absolute atomic E-state index is 0.112. The number of amides is 1. The van der Waals surface area contributed by atoms with Crippen molar-refractivity contribution in [1.82, 2.24) is 14.5 Å². The topological polar surface area (TPSA) is 59.8 Å². The lowest BCUT2D eigenvalue weighted by atomic mass is 9.92. The lowest BCUT2D eigenvalue weighted by Gasteiger charge is -2.20. The Hall–Kier alpha value is -3.18. The molecule has 164 valence electrons. The molecular weight excluding hydrogens is 420 g/mol. The van der Waals surface area contributed by atoms with Crippen molar-refractivity contribution >= 4 is 34.2 Å². The number of para-hydroxylation sites is 1. The van der Waals surface area contributed by atoms with Crippen LogP contribution < -0.4 is 5.32 Å². The molecule has 0 aliphatic rings. The van der Waals surface area contributed by atoms with E-state index in [1.165, 1.54) is 0 Å². The summed E-state index contributed by atoms with van der Waals surface area (Å²) in [5.41, 5.74) is 4.77. The summed E-state index contributed by atoms with van der Waals surface area (Å²) >= 11 is 6.25. The molecule has 0 saturated carbocycles. The number of aromatic nitrogens is 3. The number of carbonyl (C=O) groups excluding carboxylic acids is 1. The number of nitrogens with zero attached hydrogens (tertiary/aromatic N) is 3. The van der Waals surface area contributed by atoms with Gasteiger partial charge < -0.3 is 5.32 Å². The van der Waals surface area contributed by atoms with E-state index in [-0.39, 0.29) is 12.3 Å². The highest BCUT2D eigenvalue weighted by molar-refractivity contribution is 6.31. The number of halogens is 1. The number of benzene rings is 2. The number of nitrogens with one attached hydrogen (secondary N) is 1. The number of anilines is 1. The molecule has 0 fully saturated rings. The third-order valence-electron chi connectivity index (χ3n) is 5.52. The zero-order valence-electron chi connectivity index (χ0n) is 18.8. The van der Waals surface area contributed by atoms with Crippen molar-refractivity contribution in [1.29, 1.82) is 0 Å². The van der Waals surface area contributed by atoms with Gasteiger partial charge in [0.2, 0.25) is 5.91 Å². The zero-order valence-corrected chi connectivity index (χ0v) is 19.5. The molecule has 0 spiro atoms. The molecule has 0 saturated heterocycles. The summed E-state index contributed by atoms with van der Waals surface area (Å²) in [7, 11) is 0. The summed E-state index contributed by atoms with van der Waals surface area (Å²) in [6.07, 6.45) is 1.84. The summed E-state index contributed by atoms with van der Waals surface area (Å²) in [6, 6.07) is 17.4. The van der Waals surface area contributed by atoms with Gasteiger partial charge >= 0.3 is 0 Å². The van der Waals surface area contributed by atoms with Gasteiger partial charge in [-0.05, 0) is 53.3 Å². The summed E-state index contributed by atoms with van der Waals surface area (Å²) in [6.45, 7) is 8.55. The van der Waals surface area contributed by atoms with Crippen LogP contribution in [0.4, 0.5) is 5.69 Å². The maximum atomic E-state index is 13.2. The molecule has 0 aliphatic heterocycles. The maximum absolute atomic E-state index is 13.2. The second-order valence-electron chi connectivity index (χ2n) is 8.53. The SMILES string of the molecule is CC(C)c1cccc(C(C)C)c1NC(=O)Cc1nc2ccc(Cl)cc2n1-c1ccccn1. The van der Waals surface area contributed by atoms with Gasteiger partial charge in [-0.25, -0.2) is 9.97 Å². The standard InChI is InChI=1S/C26H27ClN4O/c1-16(2)19-8-7-9-20(17(3)4)26(19)30-25(32)15-24-29-21-12-11-18(27)14-22(21)31(24)23-10-5-6-13-28-23/h5-14,16-17H,15H2,1-4H3,(H,30,32). The normalized spacial score (nSPS) is 11.5. The molecule has 0 aliphatic carbocycles. The van der Waals surface area contributed by atoms with Crippen LogP contribution in [0.2, 0.25) is 5.02 Å². The molecule has 2 aromatic carbocycles. The molecule has 32 heavy (non-hydrogen) atoms. The zero-order chi connectivity index (χ0) is 22.8. The molecule has 4 aromatic rings. The van der Waals surface area contributed by atoms with Crippen LogP contribution in [-0.4, -0.2) is 20.4 Å². The van der Waals surface area contributed by atoms with Crippen molar-refractivity contribution in [3.05, 3.63) is 82.8 Å². The van der Waals surface area contributed by atoms with Crippen molar-refractivity contribution in [2.45, 2.75) is 46.0 Å². The van der Waals surface area contributed by atoms with Gasteiger partial charge in [-0.1, -0.05) is 63.6 Å². The van der Waals surface area contributed by atoms with Gasteiger partial charge in [-0.15, -0.1) is 0 Å². The summed E-state index contributed by atoms with van der Waals surface area (Å²) in [5.74, 6) is 1.80. The van der Waals surface area contributed by atoms with E-state index >= 15 is 0 Å². The molecule has 6 heteroatoms. The number of imidazole rings is 1. The van der Waals surface area contributed by atoms with Crippen molar-refractivity contribution in [3.63, 3.8) is 0 Å². The van der Waals surface area contributed by atoms with Crippen molar-refractivity contribution in [2.75, 3.05) is 5.32 Å². The lowest BCUT2D eigenvalue weighted by Crippen LogP contribution is -2.20. The van der Waals surface area contributed by atoms with Crippen molar-refractivity contribution < 1.29 is 4.79 Å². The number of fused-ring (bicyclic) bond motifs is 1. The van der Waals surface area contributed by atoms with E-state index < -0.39 is 0 Å². The minimum atomic E-state index is -0.112. The molecule has 4 rings (SSSR count). The summed E-state index contributed by atoms with van der Waals surface area (Å²) in [5, 5.41) is 3.80. The van der Waals surface area contributed by atoms with Crippen molar-refractivity contribution in [2.24, 2.45) is 0 Å². The number of pyridine rings is 1. The molecule has 2 heterocycles. The Labute approximate surface area is 193 Å². The first-order valence-corrected chi connectivity index (χ1v) is 11.2. The minimum Gasteiger partial charge on any atom is -0.325 e. The van der Waals surface area contributed by atoms with Crippen LogP contribution in [0.1, 0.15) is 56.5 Å². The molecule has 5 nitrogen and oxygen atoms in total. The van der Waals surface area contributed by atoms with Gasteiger partial charge in [0.1, 0.15) is 11.6 Å². The van der Waals surface area contributed by atoms with E-state index in [4.69, 9.17) is 16.6 Å². The Balaban J connectivity index is 1.73. The highest BCUT2D eigenvalue weighted by Crippen LogP contribution is 2.32. The Kier molecular flexibility index (Phi) is 6.28. The van der Waals surface area contributed by atoms with Gasteiger partial charge in [-0.3, -0.25) is 9.36 Å². The van der Waals surface area contributed by atoms with Gasteiger partial charge in [0.25, 0.3) is 0 Å². The average Bonchev–Trinajstić information content (AvgIpc) is 3.10. The van der Waals surface area contributed by atoms with Gasteiger partial charge in [-0.2, -0.15) is 0 Å². The van der Waals surface area contributed by atoms with E-state index in [1.807, 2.05) is 34.9 Å². The molecule has 0 atom stereocenters. The van der Waals surface area contributed by atoms with E-state index in [0.717, 1.165) is 27.8 Å². The number of hydrogen-bond acceptors (Lipinski definition) is 3. The molecule has 1 N–H and O–H groups in total. The van der Waals surface area contributed by atoms with Crippen LogP contribution in [0.3, 0.4) is 0 Å².